The molecule has 0 bridgehead atoms. The zero-order valence-electron chi connectivity index (χ0n) is 13.2. The van der Waals surface area contributed by atoms with Crippen molar-refractivity contribution in [1.82, 2.24) is 4.72 Å². The minimum atomic E-state index is -3.66. The van der Waals surface area contributed by atoms with Crippen molar-refractivity contribution in [3.05, 3.63) is 46.2 Å². The summed E-state index contributed by atoms with van der Waals surface area (Å²) in [6.45, 7) is 4.43. The third-order valence-corrected chi connectivity index (χ3v) is 5.84. The second-order valence-electron chi connectivity index (χ2n) is 5.16. The molecule has 1 aromatic heterocycles. The molecule has 1 heterocycles. The van der Waals surface area contributed by atoms with Gasteiger partial charge in [-0.1, -0.05) is 6.92 Å². The molecule has 126 valence electrons. The maximum atomic E-state index is 12.3. The van der Waals surface area contributed by atoms with Crippen molar-refractivity contribution in [2.45, 2.75) is 31.3 Å². The van der Waals surface area contributed by atoms with Crippen molar-refractivity contribution < 1.29 is 18.3 Å². The van der Waals surface area contributed by atoms with Gasteiger partial charge in [-0.3, -0.25) is 0 Å². The summed E-state index contributed by atoms with van der Waals surface area (Å²) in [6, 6.07) is 8.15. The van der Waals surface area contributed by atoms with E-state index in [9.17, 15) is 13.5 Å². The van der Waals surface area contributed by atoms with Crippen LogP contribution in [0.4, 0.5) is 0 Å². The zero-order chi connectivity index (χ0) is 16.9. The van der Waals surface area contributed by atoms with Crippen molar-refractivity contribution in [1.29, 1.82) is 0 Å². The minimum absolute atomic E-state index is 0.0578. The highest BCUT2D eigenvalue weighted by Crippen LogP contribution is 2.24. The fourth-order valence-corrected chi connectivity index (χ4v) is 3.98. The Morgan fingerprint density at radius 1 is 1.26 bits per heavy atom. The summed E-state index contributed by atoms with van der Waals surface area (Å²) >= 11 is 1.41. The largest absolute Gasteiger partial charge is 0.494 e. The molecule has 0 aliphatic rings. The van der Waals surface area contributed by atoms with Gasteiger partial charge in [0.25, 0.3) is 0 Å². The van der Waals surface area contributed by atoms with Gasteiger partial charge in [0.1, 0.15) is 11.9 Å². The number of hydrogen-bond acceptors (Lipinski definition) is 5. The van der Waals surface area contributed by atoms with Crippen LogP contribution in [0, 0.1) is 6.92 Å². The Balaban J connectivity index is 2.00. The number of sulfonamides is 1. The SMILES string of the molecule is CCCOc1ccc(S(=O)(=O)NCC(O)c2sccc2C)cc1. The van der Waals surface area contributed by atoms with Gasteiger partial charge in [0.15, 0.2) is 0 Å². The molecule has 5 nitrogen and oxygen atoms in total. The topological polar surface area (TPSA) is 75.6 Å². The van der Waals surface area contributed by atoms with E-state index in [-0.39, 0.29) is 11.4 Å². The van der Waals surface area contributed by atoms with E-state index in [0.29, 0.717) is 12.4 Å². The standard InChI is InChI=1S/C16H21NO4S2/c1-3-9-21-13-4-6-14(7-5-13)23(19,20)17-11-15(18)16-12(2)8-10-22-16/h4-8,10,15,17-18H,3,9,11H2,1-2H3. The molecule has 0 aliphatic heterocycles. The molecule has 0 radical (unpaired) electrons. The van der Waals surface area contributed by atoms with E-state index in [1.807, 2.05) is 25.3 Å². The second kappa shape index (κ2) is 7.92. The molecule has 1 aromatic carbocycles. The van der Waals surface area contributed by atoms with Crippen LogP contribution < -0.4 is 9.46 Å². The van der Waals surface area contributed by atoms with Gasteiger partial charge in [-0.25, -0.2) is 13.1 Å². The van der Waals surface area contributed by atoms with Crippen LogP contribution in [0.3, 0.4) is 0 Å². The number of ether oxygens (including phenoxy) is 1. The molecule has 0 aliphatic carbocycles. The van der Waals surface area contributed by atoms with Crippen molar-refractivity contribution in [3.63, 3.8) is 0 Å². The van der Waals surface area contributed by atoms with E-state index in [1.54, 1.807) is 12.1 Å². The number of thiophene rings is 1. The lowest BCUT2D eigenvalue weighted by Crippen LogP contribution is -2.28. The molecule has 0 spiro atoms. The predicted octanol–water partition coefficient (Wildman–Crippen LogP) is 2.86. The molecule has 7 heteroatoms. The van der Waals surface area contributed by atoms with Crippen LogP contribution in [-0.2, 0) is 10.0 Å². The van der Waals surface area contributed by atoms with Gasteiger partial charge < -0.3 is 9.84 Å². The summed E-state index contributed by atoms with van der Waals surface area (Å²) in [5.74, 6) is 0.639. The molecular formula is C16H21NO4S2. The molecular weight excluding hydrogens is 334 g/mol. The van der Waals surface area contributed by atoms with Crippen molar-refractivity contribution >= 4 is 21.4 Å². The summed E-state index contributed by atoms with van der Waals surface area (Å²) in [6.07, 6.45) is 0.0404. The highest BCUT2D eigenvalue weighted by Gasteiger charge is 2.18. The van der Waals surface area contributed by atoms with Gasteiger partial charge in [0.05, 0.1) is 11.5 Å². The van der Waals surface area contributed by atoms with Gasteiger partial charge in [-0.2, -0.15) is 0 Å². The maximum absolute atomic E-state index is 12.3. The number of aryl methyl sites for hydroxylation is 1. The number of hydrogen-bond donors (Lipinski definition) is 2. The van der Waals surface area contributed by atoms with E-state index in [4.69, 9.17) is 4.74 Å². The van der Waals surface area contributed by atoms with Gasteiger partial charge >= 0.3 is 0 Å². The zero-order valence-corrected chi connectivity index (χ0v) is 14.8. The molecule has 2 aromatic rings. The Kier molecular flexibility index (Phi) is 6.17. The minimum Gasteiger partial charge on any atom is -0.494 e. The summed E-state index contributed by atoms with van der Waals surface area (Å²) in [7, 11) is -3.66. The van der Waals surface area contributed by atoms with Gasteiger partial charge in [-0.15, -0.1) is 11.3 Å². The lowest BCUT2D eigenvalue weighted by atomic mass is 10.2. The highest BCUT2D eigenvalue weighted by molar-refractivity contribution is 7.89. The fourth-order valence-electron chi connectivity index (χ4n) is 2.03. The Labute approximate surface area is 141 Å². The summed E-state index contributed by atoms with van der Waals surface area (Å²) in [5.41, 5.74) is 0.958. The number of benzene rings is 1. The van der Waals surface area contributed by atoms with Crippen LogP contribution in [0.5, 0.6) is 5.75 Å². The van der Waals surface area contributed by atoms with Gasteiger partial charge in [-0.05, 0) is 54.6 Å². The Hall–Kier alpha value is -1.41. The average molecular weight is 355 g/mol. The quantitative estimate of drug-likeness (QED) is 0.763. The third kappa shape index (κ3) is 4.78. The number of aliphatic hydroxyl groups excluding tert-OH is 1. The highest BCUT2D eigenvalue weighted by atomic mass is 32.2. The molecule has 2 rings (SSSR count). The number of rotatable bonds is 8. The molecule has 1 atom stereocenters. The van der Waals surface area contributed by atoms with Crippen LogP contribution in [0.2, 0.25) is 0 Å². The van der Waals surface area contributed by atoms with Gasteiger partial charge in [0.2, 0.25) is 10.0 Å². The predicted molar refractivity (Wildman–Crippen MR) is 91.4 cm³/mol. The maximum Gasteiger partial charge on any atom is 0.240 e. The number of nitrogens with one attached hydrogen (secondary N) is 1. The van der Waals surface area contributed by atoms with Crippen LogP contribution in [0.1, 0.15) is 29.9 Å². The molecule has 1 unspecified atom stereocenters. The first-order valence-electron chi connectivity index (χ1n) is 7.38. The van der Waals surface area contributed by atoms with Crippen LogP contribution in [0.15, 0.2) is 40.6 Å². The first-order valence-corrected chi connectivity index (χ1v) is 9.75. The van der Waals surface area contributed by atoms with Crippen molar-refractivity contribution in [2.24, 2.45) is 0 Å². The van der Waals surface area contributed by atoms with E-state index in [1.165, 1.54) is 23.5 Å². The van der Waals surface area contributed by atoms with Crippen LogP contribution >= 0.6 is 11.3 Å². The van der Waals surface area contributed by atoms with E-state index >= 15 is 0 Å². The third-order valence-electron chi connectivity index (χ3n) is 3.28. The van der Waals surface area contributed by atoms with E-state index in [0.717, 1.165) is 16.9 Å². The molecule has 2 N–H and O–H groups in total. The lowest BCUT2D eigenvalue weighted by Gasteiger charge is -2.12. The van der Waals surface area contributed by atoms with Crippen molar-refractivity contribution in [3.8, 4) is 5.75 Å². The first kappa shape index (κ1) is 17.9. The Morgan fingerprint density at radius 2 is 1.96 bits per heavy atom. The molecule has 23 heavy (non-hydrogen) atoms. The van der Waals surface area contributed by atoms with E-state index in [2.05, 4.69) is 4.72 Å². The Morgan fingerprint density at radius 3 is 2.52 bits per heavy atom. The van der Waals surface area contributed by atoms with Gasteiger partial charge in [0, 0.05) is 11.4 Å². The second-order valence-corrected chi connectivity index (χ2v) is 7.87. The normalized spacial score (nSPS) is 13.0. The molecule has 0 fully saturated rings. The smallest absolute Gasteiger partial charge is 0.240 e. The van der Waals surface area contributed by atoms with Crippen molar-refractivity contribution in [2.75, 3.05) is 13.2 Å². The fraction of sp³-hybridized carbons (Fsp3) is 0.375. The van der Waals surface area contributed by atoms with Crippen LogP contribution in [-0.4, -0.2) is 26.7 Å². The van der Waals surface area contributed by atoms with E-state index < -0.39 is 16.1 Å². The summed E-state index contributed by atoms with van der Waals surface area (Å²) in [5, 5.41) is 12.0. The lowest BCUT2D eigenvalue weighted by molar-refractivity contribution is 0.185. The monoisotopic (exact) mass is 355 g/mol. The van der Waals surface area contributed by atoms with Crippen LogP contribution in [0.25, 0.3) is 0 Å². The summed E-state index contributed by atoms with van der Waals surface area (Å²) < 4.78 is 32.4. The summed E-state index contributed by atoms with van der Waals surface area (Å²) in [4.78, 5) is 0.924. The Bertz CT molecular complexity index is 723. The molecule has 0 saturated carbocycles. The average Bonchev–Trinajstić information content (AvgIpc) is 2.97. The molecule has 0 saturated heterocycles. The number of aliphatic hydroxyl groups is 1. The molecule has 0 amide bonds. The first-order chi connectivity index (χ1) is 10.9.